The van der Waals surface area contributed by atoms with Crippen LogP contribution in [0.3, 0.4) is 0 Å². The molecule has 0 aliphatic heterocycles. The maximum absolute atomic E-state index is 12.3. The number of aromatic nitrogens is 1. The van der Waals surface area contributed by atoms with E-state index in [0.29, 0.717) is 33.3 Å². The molecule has 2 N–H and O–H groups in total. The van der Waals surface area contributed by atoms with Crippen molar-refractivity contribution in [3.63, 3.8) is 0 Å². The minimum absolute atomic E-state index is 0.165. The van der Waals surface area contributed by atoms with Gasteiger partial charge in [-0.05, 0) is 72.9 Å². The molecule has 0 unspecified atom stereocenters. The summed E-state index contributed by atoms with van der Waals surface area (Å²) in [6, 6.07) is 19.5. The molecule has 0 aliphatic carbocycles. The van der Waals surface area contributed by atoms with Gasteiger partial charge in [0.15, 0.2) is 10.7 Å². The number of anilines is 1. The number of ether oxygens (including phenoxy) is 1. The second kappa shape index (κ2) is 8.52. The van der Waals surface area contributed by atoms with Gasteiger partial charge in [-0.2, -0.15) is 0 Å². The quantitative estimate of drug-likeness (QED) is 0.423. The number of hydrogen-bond donors (Lipinski definition) is 2. The highest BCUT2D eigenvalue weighted by atomic mass is 35.5. The molecular weight excluding hydrogens is 422 g/mol. The highest BCUT2D eigenvalue weighted by Gasteiger charge is 2.11. The molecular formula is C22H16ClN3O3S. The molecule has 0 aliphatic rings. The third kappa shape index (κ3) is 4.42. The summed E-state index contributed by atoms with van der Waals surface area (Å²) in [5, 5.41) is 6.25. The first-order valence-electron chi connectivity index (χ1n) is 8.95. The van der Waals surface area contributed by atoms with Crippen LogP contribution in [0.5, 0.6) is 5.75 Å². The van der Waals surface area contributed by atoms with Gasteiger partial charge in [0.2, 0.25) is 5.89 Å². The van der Waals surface area contributed by atoms with Gasteiger partial charge < -0.3 is 14.5 Å². The van der Waals surface area contributed by atoms with Crippen LogP contribution >= 0.6 is 23.8 Å². The van der Waals surface area contributed by atoms with Crippen molar-refractivity contribution in [2.75, 3.05) is 12.4 Å². The van der Waals surface area contributed by atoms with Crippen LogP contribution in [0.4, 0.5) is 5.69 Å². The molecule has 0 saturated heterocycles. The van der Waals surface area contributed by atoms with Crippen LogP contribution < -0.4 is 15.4 Å². The average molecular weight is 438 g/mol. The van der Waals surface area contributed by atoms with Gasteiger partial charge in [0, 0.05) is 21.8 Å². The molecule has 1 amide bonds. The molecule has 1 aromatic heterocycles. The summed E-state index contributed by atoms with van der Waals surface area (Å²) in [5.41, 5.74) is 3.23. The number of fused-ring (bicyclic) bond motifs is 1. The maximum Gasteiger partial charge on any atom is 0.257 e. The standard InChI is InChI=1S/C22H16ClN3O3S/c1-28-17-8-5-13(6-9-17)21-25-18-12-16(7-10-19(18)29-21)24-22(30)26-20(27)14-3-2-4-15(23)11-14/h2-12H,1H3,(H2,24,26,27,30). The molecule has 0 atom stereocenters. The van der Waals surface area contributed by atoms with E-state index in [1.807, 2.05) is 24.3 Å². The number of rotatable bonds is 4. The van der Waals surface area contributed by atoms with Crippen molar-refractivity contribution in [1.82, 2.24) is 10.3 Å². The molecule has 0 saturated carbocycles. The third-order valence-corrected chi connectivity index (χ3v) is 4.74. The van der Waals surface area contributed by atoms with Gasteiger partial charge in [0.05, 0.1) is 7.11 Å². The monoisotopic (exact) mass is 437 g/mol. The zero-order valence-corrected chi connectivity index (χ0v) is 17.4. The van der Waals surface area contributed by atoms with Crippen LogP contribution in [0.25, 0.3) is 22.6 Å². The summed E-state index contributed by atoms with van der Waals surface area (Å²) in [6.45, 7) is 0. The van der Waals surface area contributed by atoms with Crippen molar-refractivity contribution in [3.8, 4) is 17.2 Å². The SMILES string of the molecule is COc1ccc(-c2nc3cc(NC(=S)NC(=O)c4cccc(Cl)c4)ccc3o2)cc1. The van der Waals surface area contributed by atoms with E-state index in [0.717, 1.165) is 11.3 Å². The zero-order chi connectivity index (χ0) is 21.1. The normalized spacial score (nSPS) is 10.6. The van der Waals surface area contributed by atoms with Crippen molar-refractivity contribution < 1.29 is 13.9 Å². The Hall–Kier alpha value is -3.42. The van der Waals surface area contributed by atoms with E-state index in [1.54, 1.807) is 49.6 Å². The third-order valence-electron chi connectivity index (χ3n) is 4.30. The smallest absolute Gasteiger partial charge is 0.257 e. The van der Waals surface area contributed by atoms with Gasteiger partial charge in [-0.3, -0.25) is 10.1 Å². The fraction of sp³-hybridized carbons (Fsp3) is 0.0455. The van der Waals surface area contributed by atoms with E-state index in [9.17, 15) is 4.79 Å². The van der Waals surface area contributed by atoms with E-state index in [-0.39, 0.29) is 11.0 Å². The van der Waals surface area contributed by atoms with E-state index in [1.165, 1.54) is 0 Å². The molecule has 4 rings (SSSR count). The number of amides is 1. The van der Waals surface area contributed by atoms with E-state index >= 15 is 0 Å². The Morgan fingerprint density at radius 3 is 2.63 bits per heavy atom. The van der Waals surface area contributed by atoms with Crippen LogP contribution in [-0.2, 0) is 0 Å². The summed E-state index contributed by atoms with van der Waals surface area (Å²) in [4.78, 5) is 16.8. The molecule has 1 heterocycles. The van der Waals surface area contributed by atoms with E-state index in [2.05, 4.69) is 15.6 Å². The minimum Gasteiger partial charge on any atom is -0.497 e. The van der Waals surface area contributed by atoms with Gasteiger partial charge in [-0.1, -0.05) is 17.7 Å². The second-order valence-corrected chi connectivity index (χ2v) is 7.19. The summed E-state index contributed by atoms with van der Waals surface area (Å²) < 4.78 is 11.0. The molecule has 3 aromatic carbocycles. The highest BCUT2D eigenvalue weighted by Crippen LogP contribution is 2.27. The number of carbonyl (C=O) groups excluding carboxylic acids is 1. The topological polar surface area (TPSA) is 76.4 Å². The molecule has 8 heteroatoms. The summed E-state index contributed by atoms with van der Waals surface area (Å²) in [5.74, 6) is 0.913. The molecule has 150 valence electrons. The Bertz CT molecular complexity index is 1240. The van der Waals surface area contributed by atoms with Gasteiger partial charge in [0.25, 0.3) is 5.91 Å². The number of oxazole rings is 1. The zero-order valence-electron chi connectivity index (χ0n) is 15.8. The molecule has 4 aromatic rings. The summed E-state index contributed by atoms with van der Waals surface area (Å²) in [6.07, 6.45) is 0. The minimum atomic E-state index is -0.348. The van der Waals surface area contributed by atoms with Crippen LogP contribution in [-0.4, -0.2) is 23.1 Å². The van der Waals surface area contributed by atoms with Crippen LogP contribution in [0, 0.1) is 0 Å². The molecule has 0 spiro atoms. The predicted octanol–water partition coefficient (Wildman–Crippen LogP) is 5.28. The van der Waals surface area contributed by atoms with Crippen LogP contribution in [0.2, 0.25) is 5.02 Å². The number of methoxy groups -OCH3 is 1. The Morgan fingerprint density at radius 2 is 1.90 bits per heavy atom. The van der Waals surface area contributed by atoms with Crippen LogP contribution in [0.15, 0.2) is 71.1 Å². The highest BCUT2D eigenvalue weighted by molar-refractivity contribution is 7.80. The largest absolute Gasteiger partial charge is 0.497 e. The molecule has 0 radical (unpaired) electrons. The van der Waals surface area contributed by atoms with E-state index in [4.69, 9.17) is 33.0 Å². The number of nitrogens with zero attached hydrogens (tertiary/aromatic N) is 1. The van der Waals surface area contributed by atoms with Crippen LogP contribution in [0.1, 0.15) is 10.4 Å². The fourth-order valence-corrected chi connectivity index (χ4v) is 3.23. The summed E-state index contributed by atoms with van der Waals surface area (Å²) in [7, 11) is 1.62. The number of nitrogens with one attached hydrogen (secondary N) is 2. The number of hydrogen-bond acceptors (Lipinski definition) is 5. The maximum atomic E-state index is 12.3. The number of benzene rings is 3. The first-order valence-corrected chi connectivity index (χ1v) is 9.73. The van der Waals surface area contributed by atoms with Gasteiger partial charge in [-0.15, -0.1) is 0 Å². The van der Waals surface area contributed by atoms with Crippen molar-refractivity contribution in [2.45, 2.75) is 0 Å². The molecule has 30 heavy (non-hydrogen) atoms. The summed E-state index contributed by atoms with van der Waals surface area (Å²) >= 11 is 11.2. The Kier molecular flexibility index (Phi) is 5.65. The molecule has 6 nitrogen and oxygen atoms in total. The Balaban J connectivity index is 1.47. The predicted molar refractivity (Wildman–Crippen MR) is 121 cm³/mol. The number of thiocarbonyl (C=S) groups is 1. The number of carbonyl (C=O) groups is 1. The second-order valence-electron chi connectivity index (χ2n) is 6.35. The van der Waals surface area contributed by atoms with Crippen molar-refractivity contribution in [2.24, 2.45) is 0 Å². The van der Waals surface area contributed by atoms with Gasteiger partial charge in [0.1, 0.15) is 11.3 Å². The van der Waals surface area contributed by atoms with Crippen molar-refractivity contribution in [3.05, 3.63) is 77.3 Å². The fourth-order valence-electron chi connectivity index (χ4n) is 2.83. The molecule has 0 bridgehead atoms. The van der Waals surface area contributed by atoms with Gasteiger partial charge in [-0.25, -0.2) is 4.98 Å². The van der Waals surface area contributed by atoms with E-state index < -0.39 is 0 Å². The Labute approximate surface area is 182 Å². The Morgan fingerprint density at radius 1 is 1.10 bits per heavy atom. The lowest BCUT2D eigenvalue weighted by atomic mass is 10.2. The van der Waals surface area contributed by atoms with Gasteiger partial charge >= 0.3 is 0 Å². The molecule has 0 fully saturated rings. The lowest BCUT2D eigenvalue weighted by molar-refractivity contribution is 0.0977. The lowest BCUT2D eigenvalue weighted by Crippen LogP contribution is -2.34. The van der Waals surface area contributed by atoms with Crippen molar-refractivity contribution in [1.29, 1.82) is 0 Å². The van der Waals surface area contributed by atoms with Crippen molar-refractivity contribution >= 4 is 51.6 Å². The first-order chi connectivity index (χ1) is 14.5. The first kappa shape index (κ1) is 19.9. The lowest BCUT2D eigenvalue weighted by Gasteiger charge is -2.09. The number of halogens is 1. The average Bonchev–Trinajstić information content (AvgIpc) is 3.17.